The second-order valence-electron chi connectivity index (χ2n) is 3.88. The Morgan fingerprint density at radius 2 is 1.95 bits per heavy atom. The van der Waals surface area contributed by atoms with Crippen LogP contribution in [0.2, 0.25) is 0 Å². The molecule has 21 heavy (non-hydrogen) atoms. The molecule has 0 saturated carbocycles. The van der Waals surface area contributed by atoms with Gasteiger partial charge in [-0.1, -0.05) is 30.3 Å². The van der Waals surface area contributed by atoms with E-state index in [9.17, 15) is 9.59 Å². The minimum Gasteiger partial charge on any atom is -0.476 e. The van der Waals surface area contributed by atoms with E-state index in [2.05, 4.69) is 31.2 Å². The van der Waals surface area contributed by atoms with Crippen LogP contribution in [0.4, 0.5) is 10.6 Å². The molecule has 0 bridgehead atoms. The van der Waals surface area contributed by atoms with E-state index in [1.54, 1.807) is 0 Å². The number of aromatic nitrogens is 2. The predicted octanol–water partition coefficient (Wildman–Crippen LogP) is 2.69. The lowest BCUT2D eigenvalue weighted by Crippen LogP contribution is -2.16. The van der Waals surface area contributed by atoms with Crippen molar-refractivity contribution in [1.82, 2.24) is 9.97 Å². The number of hydrogen-bond donors (Lipinski definition) is 2. The fourth-order valence-electron chi connectivity index (χ4n) is 1.46. The third kappa shape index (κ3) is 3.99. The molecule has 1 amide bonds. The molecule has 0 aliphatic heterocycles. The van der Waals surface area contributed by atoms with Crippen molar-refractivity contribution in [3.63, 3.8) is 0 Å². The number of benzene rings is 1. The van der Waals surface area contributed by atoms with Crippen LogP contribution in [0.1, 0.15) is 16.1 Å². The van der Waals surface area contributed by atoms with Gasteiger partial charge in [-0.05, 0) is 21.5 Å². The van der Waals surface area contributed by atoms with E-state index in [4.69, 9.17) is 9.84 Å². The molecule has 0 fully saturated rings. The number of rotatable bonds is 4. The number of nitrogens with zero attached hydrogens (tertiary/aromatic N) is 2. The van der Waals surface area contributed by atoms with E-state index in [1.807, 2.05) is 30.3 Å². The molecule has 2 aromatic rings. The summed E-state index contributed by atoms with van der Waals surface area (Å²) in [5, 5.41) is 11.3. The molecule has 0 atom stereocenters. The monoisotopic (exact) mass is 351 g/mol. The van der Waals surface area contributed by atoms with Crippen LogP contribution in [0.25, 0.3) is 0 Å². The second-order valence-corrected chi connectivity index (χ2v) is 4.67. The summed E-state index contributed by atoms with van der Waals surface area (Å²) in [6.45, 7) is 0.0984. The molecule has 0 unspecified atom stereocenters. The molecule has 7 nitrogen and oxygen atoms in total. The van der Waals surface area contributed by atoms with Crippen molar-refractivity contribution in [2.24, 2.45) is 0 Å². The molecule has 1 heterocycles. The Bertz CT molecular complexity index is 664. The number of carboxylic acids is 1. The zero-order valence-corrected chi connectivity index (χ0v) is 12.2. The van der Waals surface area contributed by atoms with Gasteiger partial charge in [0.1, 0.15) is 12.9 Å². The minimum absolute atomic E-state index is 0.0282. The number of anilines is 1. The van der Waals surface area contributed by atoms with Crippen molar-refractivity contribution in [3.8, 4) is 0 Å². The summed E-state index contributed by atoms with van der Waals surface area (Å²) in [4.78, 5) is 29.9. The first-order valence-electron chi connectivity index (χ1n) is 5.79. The summed E-state index contributed by atoms with van der Waals surface area (Å²) in [5.74, 6) is -1.20. The number of ether oxygens (including phenoxy) is 1. The van der Waals surface area contributed by atoms with E-state index in [1.165, 1.54) is 0 Å². The highest BCUT2D eigenvalue weighted by Crippen LogP contribution is 2.22. The van der Waals surface area contributed by atoms with Crippen LogP contribution in [-0.4, -0.2) is 27.1 Å². The Balaban J connectivity index is 2.00. The SMILES string of the molecule is O=C(Nc1ncnc(C(=O)O)c1Br)OCc1ccccc1. The quantitative estimate of drug-likeness (QED) is 0.877. The molecule has 1 aromatic heterocycles. The van der Waals surface area contributed by atoms with Gasteiger partial charge in [0, 0.05) is 0 Å². The third-order valence-corrected chi connectivity index (χ3v) is 3.18. The van der Waals surface area contributed by atoms with Crippen molar-refractivity contribution < 1.29 is 19.4 Å². The molecular formula is C13H10BrN3O4. The number of hydrogen-bond acceptors (Lipinski definition) is 5. The minimum atomic E-state index is -1.23. The number of carboxylic acid groups (broad SMARTS) is 1. The van der Waals surface area contributed by atoms with Gasteiger partial charge in [-0.3, -0.25) is 5.32 Å². The van der Waals surface area contributed by atoms with Crippen LogP contribution in [0, 0.1) is 0 Å². The lowest BCUT2D eigenvalue weighted by molar-refractivity contribution is 0.0689. The smallest absolute Gasteiger partial charge is 0.413 e. The van der Waals surface area contributed by atoms with Gasteiger partial charge in [0.05, 0.1) is 4.47 Å². The van der Waals surface area contributed by atoms with E-state index in [-0.39, 0.29) is 22.6 Å². The first-order valence-corrected chi connectivity index (χ1v) is 6.58. The molecule has 8 heteroatoms. The zero-order valence-electron chi connectivity index (χ0n) is 10.6. The lowest BCUT2D eigenvalue weighted by atomic mass is 10.2. The van der Waals surface area contributed by atoms with E-state index in [0.29, 0.717) is 0 Å². The van der Waals surface area contributed by atoms with Gasteiger partial charge in [-0.25, -0.2) is 19.6 Å². The van der Waals surface area contributed by atoms with Gasteiger partial charge in [0.2, 0.25) is 0 Å². The Morgan fingerprint density at radius 1 is 1.24 bits per heavy atom. The summed E-state index contributed by atoms with van der Waals surface area (Å²) in [6.07, 6.45) is 0.302. The molecule has 0 radical (unpaired) electrons. The largest absolute Gasteiger partial charge is 0.476 e. The first kappa shape index (κ1) is 14.9. The average molecular weight is 352 g/mol. The van der Waals surface area contributed by atoms with Gasteiger partial charge >= 0.3 is 12.1 Å². The highest BCUT2D eigenvalue weighted by Gasteiger charge is 2.16. The van der Waals surface area contributed by atoms with Gasteiger partial charge in [-0.15, -0.1) is 0 Å². The molecule has 108 valence electrons. The first-order chi connectivity index (χ1) is 10.1. The maximum atomic E-state index is 11.7. The summed E-state index contributed by atoms with van der Waals surface area (Å²) in [6, 6.07) is 9.15. The Labute approximate surface area is 128 Å². The highest BCUT2D eigenvalue weighted by molar-refractivity contribution is 9.10. The second kappa shape index (κ2) is 6.80. The van der Waals surface area contributed by atoms with Crippen LogP contribution in [0.3, 0.4) is 0 Å². The molecule has 0 saturated heterocycles. The van der Waals surface area contributed by atoms with Gasteiger partial charge in [-0.2, -0.15) is 0 Å². The van der Waals surface area contributed by atoms with E-state index in [0.717, 1.165) is 11.9 Å². The van der Waals surface area contributed by atoms with E-state index < -0.39 is 12.1 Å². The van der Waals surface area contributed by atoms with Gasteiger partial charge < -0.3 is 9.84 Å². The highest BCUT2D eigenvalue weighted by atomic mass is 79.9. The molecule has 1 aromatic carbocycles. The Hall–Kier alpha value is -2.48. The number of halogens is 1. The summed E-state index contributed by atoms with van der Waals surface area (Å²) in [7, 11) is 0. The number of carbonyl (C=O) groups excluding carboxylic acids is 1. The van der Waals surface area contributed by atoms with Crippen molar-refractivity contribution in [1.29, 1.82) is 0 Å². The Kier molecular flexibility index (Phi) is 4.83. The van der Waals surface area contributed by atoms with Crippen molar-refractivity contribution in [3.05, 3.63) is 52.4 Å². The number of nitrogens with one attached hydrogen (secondary N) is 1. The standard InChI is InChI=1S/C13H10BrN3O4/c14-9-10(12(18)19)15-7-16-11(9)17-13(20)21-6-8-4-2-1-3-5-8/h1-5,7H,6H2,(H,18,19)(H,15,16,17,20). The number of carbonyl (C=O) groups is 2. The molecule has 0 aliphatic rings. The number of aromatic carboxylic acids is 1. The van der Waals surface area contributed by atoms with Crippen LogP contribution in [0.15, 0.2) is 41.1 Å². The lowest BCUT2D eigenvalue weighted by Gasteiger charge is -2.08. The van der Waals surface area contributed by atoms with Crippen molar-refractivity contribution in [2.45, 2.75) is 6.61 Å². The topological polar surface area (TPSA) is 101 Å². The van der Waals surface area contributed by atoms with Crippen LogP contribution in [0.5, 0.6) is 0 Å². The average Bonchev–Trinajstić information content (AvgIpc) is 2.48. The maximum absolute atomic E-state index is 11.7. The molecule has 2 N–H and O–H groups in total. The molecule has 2 rings (SSSR count). The Morgan fingerprint density at radius 3 is 2.62 bits per heavy atom. The van der Waals surface area contributed by atoms with Gasteiger partial charge in [0.15, 0.2) is 11.5 Å². The predicted molar refractivity (Wildman–Crippen MR) is 76.9 cm³/mol. The molecular weight excluding hydrogens is 342 g/mol. The zero-order chi connectivity index (χ0) is 15.2. The van der Waals surface area contributed by atoms with Crippen LogP contribution in [-0.2, 0) is 11.3 Å². The normalized spacial score (nSPS) is 9.95. The van der Waals surface area contributed by atoms with E-state index >= 15 is 0 Å². The molecule has 0 spiro atoms. The summed E-state index contributed by atoms with van der Waals surface area (Å²) >= 11 is 3.03. The van der Waals surface area contributed by atoms with Crippen LogP contribution >= 0.6 is 15.9 Å². The third-order valence-electron chi connectivity index (χ3n) is 2.43. The van der Waals surface area contributed by atoms with Crippen LogP contribution < -0.4 is 5.32 Å². The number of amides is 1. The summed E-state index contributed by atoms with van der Waals surface area (Å²) in [5.41, 5.74) is 0.587. The fraction of sp³-hybridized carbons (Fsp3) is 0.0769. The van der Waals surface area contributed by atoms with Gasteiger partial charge in [0.25, 0.3) is 0 Å². The van der Waals surface area contributed by atoms with Crippen molar-refractivity contribution >= 4 is 33.8 Å². The summed E-state index contributed by atoms with van der Waals surface area (Å²) < 4.78 is 5.09. The molecule has 0 aliphatic carbocycles. The maximum Gasteiger partial charge on any atom is 0.413 e. The fourth-order valence-corrected chi connectivity index (χ4v) is 1.94. The van der Waals surface area contributed by atoms with Crippen molar-refractivity contribution in [2.75, 3.05) is 5.32 Å².